The number of nitrogens with two attached hydrogens (primary N) is 1. The summed E-state index contributed by atoms with van der Waals surface area (Å²) in [4.78, 5) is 13.8. The second-order valence-corrected chi connectivity index (χ2v) is 8.86. The van der Waals surface area contributed by atoms with Crippen molar-refractivity contribution in [2.24, 2.45) is 5.41 Å². The first-order valence-electron chi connectivity index (χ1n) is 9.94. The summed E-state index contributed by atoms with van der Waals surface area (Å²) in [6, 6.07) is 4.41. The maximum Gasteiger partial charge on any atom is 0.120 e. The maximum atomic E-state index is 11.4. The standard InChI is InChI=1S/C22H36N2O2/c1-6-22(9-11-25,10-12-26)15-24-20-14-18(16(2)3)19(23)13-17(20)7-8-21(24,4)5/h11,13-14,16,26H,6-10,12,15,23H2,1-5H3. The van der Waals surface area contributed by atoms with E-state index in [1.807, 2.05) is 0 Å². The van der Waals surface area contributed by atoms with E-state index in [0.717, 1.165) is 37.8 Å². The molecule has 1 aromatic carbocycles. The van der Waals surface area contributed by atoms with Gasteiger partial charge in [-0.25, -0.2) is 0 Å². The highest BCUT2D eigenvalue weighted by molar-refractivity contribution is 5.67. The number of hydrogen-bond donors (Lipinski definition) is 2. The van der Waals surface area contributed by atoms with Crippen molar-refractivity contribution >= 4 is 17.7 Å². The van der Waals surface area contributed by atoms with Crippen LogP contribution >= 0.6 is 0 Å². The van der Waals surface area contributed by atoms with Gasteiger partial charge in [-0.15, -0.1) is 0 Å². The van der Waals surface area contributed by atoms with Crippen LogP contribution in [0.25, 0.3) is 0 Å². The molecule has 0 saturated carbocycles. The molecule has 0 amide bonds. The summed E-state index contributed by atoms with van der Waals surface area (Å²) >= 11 is 0. The highest BCUT2D eigenvalue weighted by atomic mass is 16.3. The van der Waals surface area contributed by atoms with Crippen LogP contribution in [-0.2, 0) is 11.2 Å². The first-order valence-corrected chi connectivity index (χ1v) is 9.94. The van der Waals surface area contributed by atoms with Crippen molar-refractivity contribution in [3.8, 4) is 0 Å². The minimum Gasteiger partial charge on any atom is -0.398 e. The highest BCUT2D eigenvalue weighted by Gasteiger charge is 2.39. The first kappa shape index (κ1) is 20.8. The molecule has 1 aliphatic heterocycles. The number of anilines is 2. The molecule has 0 radical (unpaired) electrons. The molecule has 1 aromatic rings. The van der Waals surface area contributed by atoms with Crippen molar-refractivity contribution < 1.29 is 9.90 Å². The number of carbonyl (C=O) groups is 1. The van der Waals surface area contributed by atoms with Crippen LogP contribution in [0, 0.1) is 5.41 Å². The summed E-state index contributed by atoms with van der Waals surface area (Å²) < 4.78 is 0. The maximum absolute atomic E-state index is 11.4. The number of aryl methyl sites for hydroxylation is 1. The second kappa shape index (κ2) is 7.99. The molecule has 4 nitrogen and oxygen atoms in total. The zero-order valence-electron chi connectivity index (χ0n) is 17.1. The first-order chi connectivity index (χ1) is 12.2. The normalized spacial score (nSPS) is 18.5. The van der Waals surface area contributed by atoms with Crippen LogP contribution in [0.4, 0.5) is 11.4 Å². The monoisotopic (exact) mass is 360 g/mol. The van der Waals surface area contributed by atoms with Crippen LogP contribution < -0.4 is 10.6 Å². The lowest BCUT2D eigenvalue weighted by Crippen LogP contribution is -2.52. The summed E-state index contributed by atoms with van der Waals surface area (Å²) in [5, 5.41) is 9.62. The fourth-order valence-electron chi connectivity index (χ4n) is 4.25. The van der Waals surface area contributed by atoms with Gasteiger partial charge in [0, 0.05) is 36.5 Å². The topological polar surface area (TPSA) is 66.6 Å². The molecule has 146 valence electrons. The molecule has 4 heteroatoms. The molecule has 0 spiro atoms. The number of aldehydes is 1. The number of benzene rings is 1. The van der Waals surface area contributed by atoms with Gasteiger partial charge in [-0.3, -0.25) is 0 Å². The molecular weight excluding hydrogens is 324 g/mol. The molecule has 1 heterocycles. The molecule has 0 fully saturated rings. The van der Waals surface area contributed by atoms with E-state index in [1.54, 1.807) is 0 Å². The summed E-state index contributed by atoms with van der Waals surface area (Å²) in [5.41, 5.74) is 10.7. The van der Waals surface area contributed by atoms with Crippen molar-refractivity contribution in [2.45, 2.75) is 78.2 Å². The third kappa shape index (κ3) is 4.06. The van der Waals surface area contributed by atoms with Gasteiger partial charge in [0.05, 0.1) is 0 Å². The molecule has 3 N–H and O–H groups in total. The van der Waals surface area contributed by atoms with Gasteiger partial charge >= 0.3 is 0 Å². The molecular formula is C22H36N2O2. The highest BCUT2D eigenvalue weighted by Crippen LogP contribution is 2.43. The van der Waals surface area contributed by atoms with Gasteiger partial charge in [-0.2, -0.15) is 0 Å². The van der Waals surface area contributed by atoms with Gasteiger partial charge < -0.3 is 20.5 Å². The number of nitrogen functional groups attached to an aromatic ring is 1. The Morgan fingerprint density at radius 1 is 1.38 bits per heavy atom. The van der Waals surface area contributed by atoms with E-state index < -0.39 is 0 Å². The molecule has 1 unspecified atom stereocenters. The van der Waals surface area contributed by atoms with Crippen LogP contribution in [0.2, 0.25) is 0 Å². The molecule has 2 rings (SSSR count). The van der Waals surface area contributed by atoms with Crippen LogP contribution in [0.15, 0.2) is 12.1 Å². The van der Waals surface area contributed by atoms with E-state index in [1.165, 1.54) is 16.8 Å². The van der Waals surface area contributed by atoms with Crippen LogP contribution in [0.1, 0.15) is 77.3 Å². The minimum absolute atomic E-state index is 0.0100. The predicted octanol–water partition coefficient (Wildman–Crippen LogP) is 4.29. The number of hydrogen-bond acceptors (Lipinski definition) is 4. The van der Waals surface area contributed by atoms with E-state index in [2.05, 4.69) is 51.7 Å². The summed E-state index contributed by atoms with van der Waals surface area (Å²) in [6.07, 6.45) is 5.10. The number of fused-ring (bicyclic) bond motifs is 1. The zero-order valence-corrected chi connectivity index (χ0v) is 17.1. The molecule has 0 bridgehead atoms. The van der Waals surface area contributed by atoms with Gasteiger partial charge in [0.25, 0.3) is 0 Å². The van der Waals surface area contributed by atoms with Crippen molar-refractivity contribution in [1.29, 1.82) is 0 Å². The van der Waals surface area contributed by atoms with E-state index in [9.17, 15) is 9.90 Å². The largest absolute Gasteiger partial charge is 0.398 e. The van der Waals surface area contributed by atoms with Crippen molar-refractivity contribution in [1.82, 2.24) is 0 Å². The number of rotatable bonds is 8. The van der Waals surface area contributed by atoms with Crippen LogP contribution in [0.3, 0.4) is 0 Å². The Morgan fingerprint density at radius 2 is 2.08 bits per heavy atom. The Morgan fingerprint density at radius 3 is 2.62 bits per heavy atom. The summed E-state index contributed by atoms with van der Waals surface area (Å²) in [5.74, 6) is 0.371. The average molecular weight is 361 g/mol. The molecule has 1 atom stereocenters. The van der Waals surface area contributed by atoms with Gasteiger partial charge in [-0.1, -0.05) is 20.8 Å². The summed E-state index contributed by atoms with van der Waals surface area (Å²) in [6.45, 7) is 11.9. The van der Waals surface area contributed by atoms with E-state index >= 15 is 0 Å². The third-order valence-electron chi connectivity index (χ3n) is 6.34. The minimum atomic E-state index is -0.193. The van der Waals surface area contributed by atoms with Crippen molar-refractivity contribution in [3.05, 3.63) is 23.3 Å². The van der Waals surface area contributed by atoms with Gasteiger partial charge in [-0.05, 0) is 74.1 Å². The summed E-state index contributed by atoms with van der Waals surface area (Å²) in [7, 11) is 0. The van der Waals surface area contributed by atoms with E-state index in [4.69, 9.17) is 5.73 Å². The molecule has 0 aliphatic carbocycles. The number of nitrogens with zero attached hydrogens (tertiary/aromatic N) is 1. The fourth-order valence-corrected chi connectivity index (χ4v) is 4.25. The lowest BCUT2D eigenvalue weighted by molar-refractivity contribution is -0.110. The van der Waals surface area contributed by atoms with Gasteiger partial charge in [0.1, 0.15) is 6.29 Å². The van der Waals surface area contributed by atoms with Gasteiger partial charge in [0.15, 0.2) is 0 Å². The Kier molecular flexibility index (Phi) is 6.38. The Balaban J connectivity index is 2.52. The fraction of sp³-hybridized carbons (Fsp3) is 0.682. The zero-order chi connectivity index (χ0) is 19.5. The van der Waals surface area contributed by atoms with E-state index in [0.29, 0.717) is 18.8 Å². The Hall–Kier alpha value is -1.55. The van der Waals surface area contributed by atoms with Crippen molar-refractivity contribution in [2.75, 3.05) is 23.8 Å². The van der Waals surface area contributed by atoms with Crippen molar-refractivity contribution in [3.63, 3.8) is 0 Å². The number of aliphatic hydroxyl groups is 1. The average Bonchev–Trinajstić information content (AvgIpc) is 2.57. The van der Waals surface area contributed by atoms with Crippen LogP contribution in [-0.4, -0.2) is 30.1 Å². The predicted molar refractivity (Wildman–Crippen MR) is 110 cm³/mol. The lowest BCUT2D eigenvalue weighted by atomic mass is 9.76. The lowest BCUT2D eigenvalue weighted by Gasteiger charge is -2.50. The SMILES string of the molecule is CCC(CC=O)(CCO)CN1c2cc(C(C)C)c(N)cc2CCC1(C)C. The smallest absolute Gasteiger partial charge is 0.120 e. The molecule has 0 aromatic heterocycles. The second-order valence-electron chi connectivity index (χ2n) is 8.86. The molecule has 1 aliphatic rings. The number of carbonyl (C=O) groups excluding carboxylic acids is 1. The molecule has 0 saturated heterocycles. The van der Waals surface area contributed by atoms with Crippen LogP contribution in [0.5, 0.6) is 0 Å². The quantitative estimate of drug-likeness (QED) is 0.536. The molecule has 26 heavy (non-hydrogen) atoms. The third-order valence-corrected chi connectivity index (χ3v) is 6.34. The Labute approximate surface area is 158 Å². The van der Waals surface area contributed by atoms with Gasteiger partial charge in [0.2, 0.25) is 0 Å². The Bertz CT molecular complexity index is 639. The van der Waals surface area contributed by atoms with E-state index in [-0.39, 0.29) is 17.6 Å². The number of aliphatic hydroxyl groups excluding tert-OH is 1.